The predicted octanol–water partition coefficient (Wildman–Crippen LogP) is 4.63. The van der Waals surface area contributed by atoms with Gasteiger partial charge < -0.3 is 0 Å². The van der Waals surface area contributed by atoms with Crippen LogP contribution in [0.15, 0.2) is 84.9 Å². The molecule has 5 nitrogen and oxygen atoms in total. The number of aromatic nitrogens is 1. The van der Waals surface area contributed by atoms with E-state index in [4.69, 9.17) is 11.6 Å². The molecule has 0 atom stereocenters. The van der Waals surface area contributed by atoms with Crippen LogP contribution in [0.1, 0.15) is 20.7 Å². The van der Waals surface area contributed by atoms with Gasteiger partial charge in [-0.2, -0.15) is 0 Å². The second-order valence-electron chi connectivity index (χ2n) is 6.35. The number of carbonyl (C=O) groups excluding carboxylic acids is 2. The van der Waals surface area contributed by atoms with Crippen molar-refractivity contribution < 1.29 is 9.59 Å². The first-order chi connectivity index (χ1) is 14.1. The third-order valence-electron chi connectivity index (χ3n) is 4.43. The van der Waals surface area contributed by atoms with E-state index in [0.717, 1.165) is 5.56 Å². The molecule has 2 amide bonds. The van der Waals surface area contributed by atoms with Gasteiger partial charge >= 0.3 is 0 Å². The summed E-state index contributed by atoms with van der Waals surface area (Å²) >= 11 is 5.84. The van der Waals surface area contributed by atoms with E-state index in [2.05, 4.69) is 15.8 Å². The topological polar surface area (TPSA) is 71.1 Å². The van der Waals surface area contributed by atoms with E-state index in [0.29, 0.717) is 32.7 Å². The van der Waals surface area contributed by atoms with Crippen LogP contribution in [0, 0.1) is 0 Å². The normalized spacial score (nSPS) is 10.5. The maximum Gasteiger partial charge on any atom is 0.270 e. The first-order valence-electron chi connectivity index (χ1n) is 8.93. The smallest absolute Gasteiger partial charge is 0.267 e. The van der Waals surface area contributed by atoms with Crippen molar-refractivity contribution in [1.29, 1.82) is 0 Å². The summed E-state index contributed by atoms with van der Waals surface area (Å²) in [6.07, 6.45) is 0. The molecule has 4 rings (SSSR count). The highest BCUT2D eigenvalue weighted by atomic mass is 35.5. The zero-order valence-electron chi connectivity index (χ0n) is 15.2. The van der Waals surface area contributed by atoms with Crippen molar-refractivity contribution in [3.05, 3.63) is 101 Å². The van der Waals surface area contributed by atoms with Crippen LogP contribution in [0.25, 0.3) is 22.2 Å². The van der Waals surface area contributed by atoms with Crippen molar-refractivity contribution in [3.63, 3.8) is 0 Å². The lowest BCUT2D eigenvalue weighted by atomic mass is 10.0. The van der Waals surface area contributed by atoms with E-state index in [1.165, 1.54) is 0 Å². The number of hydrogen-bond acceptors (Lipinski definition) is 3. The number of nitrogens with one attached hydrogen (secondary N) is 2. The molecule has 1 heterocycles. The number of benzene rings is 3. The standard InChI is InChI=1S/C23H16ClN3O2/c24-17-12-10-16(11-13-17)22(28)26-27-23(29)19-14-21(15-6-2-1-3-7-15)25-20-9-5-4-8-18(19)20/h1-14H,(H,26,28)(H,27,29). The number of halogens is 1. The van der Waals surface area contributed by atoms with Gasteiger partial charge in [-0.05, 0) is 36.4 Å². The Morgan fingerprint density at radius 3 is 2.17 bits per heavy atom. The molecular formula is C23H16ClN3O2. The molecule has 2 N–H and O–H groups in total. The quantitative estimate of drug-likeness (QED) is 0.492. The lowest BCUT2D eigenvalue weighted by molar-refractivity contribution is 0.0847. The fourth-order valence-electron chi connectivity index (χ4n) is 2.97. The zero-order valence-corrected chi connectivity index (χ0v) is 16.0. The largest absolute Gasteiger partial charge is 0.270 e. The first-order valence-corrected chi connectivity index (χ1v) is 9.31. The Kier molecular flexibility index (Phi) is 5.22. The van der Waals surface area contributed by atoms with Crippen molar-refractivity contribution in [2.75, 3.05) is 0 Å². The van der Waals surface area contributed by atoms with Crippen molar-refractivity contribution in [2.45, 2.75) is 0 Å². The van der Waals surface area contributed by atoms with Gasteiger partial charge in [0.2, 0.25) is 0 Å². The van der Waals surface area contributed by atoms with Crippen LogP contribution >= 0.6 is 11.6 Å². The Labute approximate surface area is 172 Å². The summed E-state index contributed by atoms with van der Waals surface area (Å²) in [7, 11) is 0. The maximum atomic E-state index is 12.9. The molecule has 4 aromatic rings. The molecule has 0 unspecified atom stereocenters. The van der Waals surface area contributed by atoms with E-state index >= 15 is 0 Å². The minimum absolute atomic E-state index is 0.388. The number of amides is 2. The number of hydrazine groups is 1. The number of pyridine rings is 1. The average molecular weight is 402 g/mol. The third kappa shape index (κ3) is 4.10. The van der Waals surface area contributed by atoms with Crippen LogP contribution in [0.3, 0.4) is 0 Å². The fourth-order valence-corrected chi connectivity index (χ4v) is 3.10. The van der Waals surface area contributed by atoms with Gasteiger partial charge in [-0.1, -0.05) is 60.1 Å². The summed E-state index contributed by atoms with van der Waals surface area (Å²) in [6.45, 7) is 0. The lowest BCUT2D eigenvalue weighted by Crippen LogP contribution is -2.41. The number of fused-ring (bicyclic) bond motifs is 1. The SMILES string of the molecule is O=C(NNC(=O)c1cc(-c2ccccc2)nc2ccccc12)c1ccc(Cl)cc1. The zero-order chi connectivity index (χ0) is 20.2. The summed E-state index contributed by atoms with van der Waals surface area (Å²) in [4.78, 5) is 29.8. The number of para-hydroxylation sites is 1. The van der Waals surface area contributed by atoms with Crippen molar-refractivity contribution >= 4 is 34.3 Å². The molecule has 0 saturated heterocycles. The number of rotatable bonds is 3. The van der Waals surface area contributed by atoms with E-state index < -0.39 is 11.8 Å². The molecule has 0 aliphatic carbocycles. The molecule has 0 saturated carbocycles. The highest BCUT2D eigenvalue weighted by Crippen LogP contribution is 2.24. The van der Waals surface area contributed by atoms with Gasteiger partial charge in [-0.3, -0.25) is 20.4 Å². The Balaban J connectivity index is 1.62. The van der Waals surface area contributed by atoms with Gasteiger partial charge in [0.15, 0.2) is 0 Å². The van der Waals surface area contributed by atoms with Gasteiger partial charge in [-0.25, -0.2) is 4.98 Å². The molecule has 0 aliphatic heterocycles. The summed E-state index contributed by atoms with van der Waals surface area (Å²) < 4.78 is 0. The van der Waals surface area contributed by atoms with Crippen LogP contribution in [-0.2, 0) is 0 Å². The predicted molar refractivity (Wildman–Crippen MR) is 114 cm³/mol. The number of carbonyl (C=O) groups is 2. The van der Waals surface area contributed by atoms with E-state index in [1.54, 1.807) is 30.3 Å². The van der Waals surface area contributed by atoms with Gasteiger partial charge in [0, 0.05) is 21.5 Å². The molecule has 0 spiro atoms. The first kappa shape index (κ1) is 18.7. The minimum atomic E-state index is -0.434. The second kappa shape index (κ2) is 8.12. The minimum Gasteiger partial charge on any atom is -0.267 e. The summed E-state index contributed by atoms with van der Waals surface area (Å²) in [5.41, 5.74) is 8.01. The molecule has 0 aliphatic rings. The van der Waals surface area contributed by atoms with Gasteiger partial charge in [0.1, 0.15) is 0 Å². The Morgan fingerprint density at radius 2 is 1.41 bits per heavy atom. The van der Waals surface area contributed by atoms with Crippen molar-refractivity contribution in [2.24, 2.45) is 0 Å². The van der Waals surface area contributed by atoms with Gasteiger partial charge in [0.25, 0.3) is 11.8 Å². The molecule has 6 heteroatoms. The molecule has 29 heavy (non-hydrogen) atoms. The Morgan fingerprint density at radius 1 is 0.759 bits per heavy atom. The van der Waals surface area contributed by atoms with Crippen molar-refractivity contribution in [3.8, 4) is 11.3 Å². The second-order valence-corrected chi connectivity index (χ2v) is 6.79. The van der Waals surface area contributed by atoms with Crippen LogP contribution in [-0.4, -0.2) is 16.8 Å². The van der Waals surface area contributed by atoms with E-state index in [9.17, 15) is 9.59 Å². The van der Waals surface area contributed by atoms with Crippen LogP contribution < -0.4 is 10.9 Å². The monoisotopic (exact) mass is 401 g/mol. The molecule has 3 aromatic carbocycles. The van der Waals surface area contributed by atoms with E-state index in [-0.39, 0.29) is 0 Å². The fraction of sp³-hybridized carbons (Fsp3) is 0. The summed E-state index contributed by atoms with van der Waals surface area (Å²) in [6, 6.07) is 25.1. The molecule has 0 radical (unpaired) electrons. The van der Waals surface area contributed by atoms with Crippen LogP contribution in [0.5, 0.6) is 0 Å². The average Bonchev–Trinajstić information content (AvgIpc) is 2.77. The third-order valence-corrected chi connectivity index (χ3v) is 4.68. The molecule has 0 fully saturated rings. The van der Waals surface area contributed by atoms with E-state index in [1.807, 2.05) is 54.6 Å². The van der Waals surface area contributed by atoms with Crippen LogP contribution in [0.2, 0.25) is 5.02 Å². The molecule has 142 valence electrons. The molecule has 1 aromatic heterocycles. The van der Waals surface area contributed by atoms with Crippen molar-refractivity contribution in [1.82, 2.24) is 15.8 Å². The highest BCUT2D eigenvalue weighted by molar-refractivity contribution is 6.30. The van der Waals surface area contributed by atoms with Gasteiger partial charge in [-0.15, -0.1) is 0 Å². The Bertz CT molecular complexity index is 1190. The summed E-state index contributed by atoms with van der Waals surface area (Å²) in [5, 5.41) is 1.23. The van der Waals surface area contributed by atoms with Crippen LogP contribution in [0.4, 0.5) is 0 Å². The summed E-state index contributed by atoms with van der Waals surface area (Å²) in [5.74, 6) is -0.861. The number of hydrogen-bond donors (Lipinski definition) is 2. The maximum absolute atomic E-state index is 12.9. The molecular weight excluding hydrogens is 386 g/mol. The number of nitrogens with zero attached hydrogens (tertiary/aromatic N) is 1. The van der Waals surface area contributed by atoms with Gasteiger partial charge in [0.05, 0.1) is 16.8 Å². The lowest BCUT2D eigenvalue weighted by Gasteiger charge is -2.11. The highest BCUT2D eigenvalue weighted by Gasteiger charge is 2.15. The molecule has 0 bridgehead atoms. The Hall–Kier alpha value is -3.70.